The summed E-state index contributed by atoms with van der Waals surface area (Å²) < 4.78 is 31.7. The van der Waals surface area contributed by atoms with Crippen molar-refractivity contribution in [1.29, 1.82) is 0 Å². The van der Waals surface area contributed by atoms with Gasteiger partial charge < -0.3 is 14.9 Å². The van der Waals surface area contributed by atoms with Gasteiger partial charge in [-0.05, 0) is 37.0 Å². The molecule has 0 spiro atoms. The van der Waals surface area contributed by atoms with Crippen LogP contribution < -0.4 is 0 Å². The average Bonchev–Trinajstić information content (AvgIpc) is 3.37. The Morgan fingerprint density at radius 2 is 1.79 bits per heavy atom. The Hall–Kier alpha value is -2.23. The van der Waals surface area contributed by atoms with Crippen molar-refractivity contribution >= 4 is 11.9 Å². The van der Waals surface area contributed by atoms with Gasteiger partial charge in [0.1, 0.15) is 5.69 Å². The van der Waals surface area contributed by atoms with Crippen LogP contribution in [0.1, 0.15) is 29.8 Å². The zero-order valence-corrected chi connectivity index (χ0v) is 15.3. The molecule has 1 N–H and O–H groups in total. The van der Waals surface area contributed by atoms with Crippen LogP contribution in [0.15, 0.2) is 18.6 Å². The molecule has 154 valence electrons. The van der Waals surface area contributed by atoms with Crippen molar-refractivity contribution in [2.24, 2.45) is 17.8 Å². The number of aromatic nitrogens is 2. The molecule has 1 aliphatic carbocycles. The number of hydrogen-bond donors (Lipinski definition) is 1. The zero-order valence-electron chi connectivity index (χ0n) is 15.3. The first kappa shape index (κ1) is 20.5. The Morgan fingerprint density at radius 1 is 1.11 bits per heavy atom. The van der Waals surface area contributed by atoms with E-state index in [1.807, 2.05) is 4.90 Å². The number of nitrogens with zero attached hydrogens (tertiary/aromatic N) is 4. The highest BCUT2D eigenvalue weighted by Crippen LogP contribution is 2.36. The van der Waals surface area contributed by atoms with E-state index in [9.17, 15) is 18.0 Å². The number of carboxylic acids is 1. The third kappa shape index (κ3) is 5.40. The molecule has 7 nitrogen and oxygen atoms in total. The van der Waals surface area contributed by atoms with Gasteiger partial charge in [0.15, 0.2) is 0 Å². The van der Waals surface area contributed by atoms with Crippen LogP contribution in [0, 0.1) is 17.8 Å². The summed E-state index contributed by atoms with van der Waals surface area (Å²) in [7, 11) is 0. The highest BCUT2D eigenvalue weighted by Gasteiger charge is 2.40. The fraction of sp³-hybridized carbons (Fsp3) is 0.667. The molecule has 1 amide bonds. The van der Waals surface area contributed by atoms with E-state index in [1.165, 1.54) is 32.5 Å². The number of alkyl halides is 3. The number of carboxylic acid groups (broad SMARTS) is 1. The molecule has 3 heterocycles. The molecule has 1 aromatic heterocycles. The first-order chi connectivity index (χ1) is 13.2. The van der Waals surface area contributed by atoms with Crippen molar-refractivity contribution in [3.8, 4) is 0 Å². The maximum absolute atomic E-state index is 12.5. The van der Waals surface area contributed by atoms with Crippen LogP contribution in [0.3, 0.4) is 0 Å². The summed E-state index contributed by atoms with van der Waals surface area (Å²) in [5.41, 5.74) is 0.476. The third-order valence-corrected chi connectivity index (χ3v) is 5.40. The summed E-state index contributed by atoms with van der Waals surface area (Å²) in [6.07, 6.45) is 3.66. The van der Waals surface area contributed by atoms with E-state index in [-0.39, 0.29) is 5.91 Å². The SMILES string of the molecule is O=C(O)C(F)(F)F.O=C(c1cnccn1)N1CC[C@@H]2CN(CC3CC3)C[C@@H]2C1. The molecule has 1 saturated carbocycles. The average molecular weight is 400 g/mol. The van der Waals surface area contributed by atoms with Crippen LogP contribution in [0.25, 0.3) is 0 Å². The summed E-state index contributed by atoms with van der Waals surface area (Å²) in [6.45, 7) is 5.46. The van der Waals surface area contributed by atoms with Crippen molar-refractivity contribution in [2.45, 2.75) is 25.4 Å². The number of likely N-dealkylation sites (tertiary alicyclic amines) is 2. The Labute approximate surface area is 160 Å². The Kier molecular flexibility index (Phi) is 6.17. The van der Waals surface area contributed by atoms with Gasteiger partial charge in [0, 0.05) is 45.1 Å². The van der Waals surface area contributed by atoms with Gasteiger partial charge in [0.25, 0.3) is 5.91 Å². The monoisotopic (exact) mass is 400 g/mol. The first-order valence-corrected chi connectivity index (χ1v) is 9.31. The summed E-state index contributed by atoms with van der Waals surface area (Å²) in [5, 5.41) is 7.12. The number of halogens is 3. The number of fused-ring (bicyclic) bond motifs is 1. The summed E-state index contributed by atoms with van der Waals surface area (Å²) in [6, 6.07) is 0. The van der Waals surface area contributed by atoms with Gasteiger partial charge in [-0.25, -0.2) is 9.78 Å². The molecule has 1 aromatic rings. The van der Waals surface area contributed by atoms with Gasteiger partial charge in [-0.3, -0.25) is 9.78 Å². The number of rotatable bonds is 3. The lowest BCUT2D eigenvalue weighted by Crippen LogP contribution is -2.43. The van der Waals surface area contributed by atoms with Crippen molar-refractivity contribution in [3.05, 3.63) is 24.3 Å². The van der Waals surface area contributed by atoms with Crippen molar-refractivity contribution in [2.75, 3.05) is 32.7 Å². The van der Waals surface area contributed by atoms with Crippen LogP contribution in [0.2, 0.25) is 0 Å². The largest absolute Gasteiger partial charge is 0.490 e. The Balaban J connectivity index is 0.000000279. The lowest BCUT2D eigenvalue weighted by molar-refractivity contribution is -0.192. The minimum absolute atomic E-state index is 0.0437. The molecule has 2 aliphatic heterocycles. The molecule has 28 heavy (non-hydrogen) atoms. The van der Waals surface area contributed by atoms with E-state index in [4.69, 9.17) is 9.90 Å². The lowest BCUT2D eigenvalue weighted by atomic mass is 9.88. The van der Waals surface area contributed by atoms with Gasteiger partial charge in [0.05, 0.1) is 6.20 Å². The number of piperidine rings is 1. The Bertz CT molecular complexity index is 697. The molecule has 0 bridgehead atoms. The number of hydrogen-bond acceptors (Lipinski definition) is 5. The molecule has 0 unspecified atom stereocenters. The van der Waals surface area contributed by atoms with E-state index >= 15 is 0 Å². The number of carbonyl (C=O) groups excluding carboxylic acids is 1. The molecule has 2 saturated heterocycles. The second kappa shape index (κ2) is 8.42. The molecule has 0 radical (unpaired) electrons. The summed E-state index contributed by atoms with van der Waals surface area (Å²) in [5.74, 6) is -0.315. The number of carbonyl (C=O) groups is 2. The van der Waals surface area contributed by atoms with Crippen molar-refractivity contribution in [3.63, 3.8) is 0 Å². The minimum Gasteiger partial charge on any atom is -0.475 e. The molecule has 10 heteroatoms. The zero-order chi connectivity index (χ0) is 20.3. The predicted molar refractivity (Wildman–Crippen MR) is 92.4 cm³/mol. The lowest BCUT2D eigenvalue weighted by Gasteiger charge is -2.34. The van der Waals surface area contributed by atoms with Gasteiger partial charge >= 0.3 is 12.1 Å². The highest BCUT2D eigenvalue weighted by atomic mass is 19.4. The van der Waals surface area contributed by atoms with Gasteiger partial charge in [-0.15, -0.1) is 0 Å². The molecular weight excluding hydrogens is 377 g/mol. The molecule has 4 rings (SSSR count). The van der Waals surface area contributed by atoms with Gasteiger partial charge in [-0.2, -0.15) is 13.2 Å². The molecule has 3 aliphatic rings. The van der Waals surface area contributed by atoms with Crippen LogP contribution in [0.4, 0.5) is 13.2 Å². The van der Waals surface area contributed by atoms with Crippen LogP contribution in [-0.4, -0.2) is 75.7 Å². The number of amides is 1. The summed E-state index contributed by atoms with van der Waals surface area (Å²) >= 11 is 0. The smallest absolute Gasteiger partial charge is 0.475 e. The quantitative estimate of drug-likeness (QED) is 0.834. The summed E-state index contributed by atoms with van der Waals surface area (Å²) in [4.78, 5) is 34.1. The first-order valence-electron chi connectivity index (χ1n) is 9.31. The van der Waals surface area contributed by atoms with E-state index in [1.54, 1.807) is 18.6 Å². The standard InChI is InChI=1S/C16H22N4O.C2HF3O2/c21-16(15-7-17-4-5-18-15)20-6-3-13-9-19(8-12-1-2-12)10-14(13)11-20;3-2(4,5)1(6)7/h4-5,7,12-14H,1-3,6,8-11H2;(H,6,7)/t13-,14-;/m1./s1. The normalized spacial score (nSPS) is 24.9. The fourth-order valence-electron chi connectivity index (χ4n) is 3.84. The fourth-order valence-corrected chi connectivity index (χ4v) is 3.84. The van der Waals surface area contributed by atoms with Crippen LogP contribution in [0.5, 0.6) is 0 Å². The Morgan fingerprint density at radius 3 is 2.36 bits per heavy atom. The van der Waals surface area contributed by atoms with Gasteiger partial charge in [0.2, 0.25) is 0 Å². The molecule has 0 aromatic carbocycles. The van der Waals surface area contributed by atoms with E-state index < -0.39 is 12.1 Å². The van der Waals surface area contributed by atoms with E-state index in [0.717, 1.165) is 31.3 Å². The number of aliphatic carboxylic acids is 1. The maximum Gasteiger partial charge on any atom is 0.490 e. The molecular formula is C18H23F3N4O3. The van der Waals surface area contributed by atoms with E-state index in [2.05, 4.69) is 14.9 Å². The second-order valence-electron chi connectivity index (χ2n) is 7.62. The second-order valence-corrected chi connectivity index (χ2v) is 7.62. The topological polar surface area (TPSA) is 86.6 Å². The van der Waals surface area contributed by atoms with Crippen molar-refractivity contribution < 1.29 is 27.9 Å². The molecule has 3 fully saturated rings. The van der Waals surface area contributed by atoms with Gasteiger partial charge in [-0.1, -0.05) is 0 Å². The van der Waals surface area contributed by atoms with Crippen LogP contribution >= 0.6 is 0 Å². The maximum atomic E-state index is 12.5. The minimum atomic E-state index is -5.08. The van der Waals surface area contributed by atoms with Crippen LogP contribution in [-0.2, 0) is 4.79 Å². The van der Waals surface area contributed by atoms with E-state index in [0.29, 0.717) is 11.6 Å². The highest BCUT2D eigenvalue weighted by molar-refractivity contribution is 5.92. The molecule has 2 atom stereocenters. The van der Waals surface area contributed by atoms with Crippen molar-refractivity contribution in [1.82, 2.24) is 19.8 Å². The third-order valence-electron chi connectivity index (χ3n) is 5.40. The predicted octanol–water partition coefficient (Wildman–Crippen LogP) is 1.91.